The number of carbonyl (C=O) groups excluding carboxylic acids is 1. The van der Waals surface area contributed by atoms with E-state index in [4.69, 9.17) is 11.6 Å². The third-order valence-corrected chi connectivity index (χ3v) is 3.02. The molecule has 2 aromatic rings. The van der Waals surface area contributed by atoms with E-state index in [1.807, 2.05) is 0 Å². The average Bonchev–Trinajstić information content (AvgIpc) is 2.40. The number of nitrogens with zero attached hydrogens (tertiary/aromatic N) is 1. The Bertz CT molecular complexity index is 669. The number of rotatable bonds is 3. The molecule has 0 fully saturated rings. The van der Waals surface area contributed by atoms with E-state index in [1.165, 1.54) is 6.07 Å². The number of carbonyl (C=O) groups is 1. The van der Waals surface area contributed by atoms with E-state index >= 15 is 0 Å². The summed E-state index contributed by atoms with van der Waals surface area (Å²) in [6.45, 7) is 1.59. The van der Waals surface area contributed by atoms with Gasteiger partial charge in [0.25, 0.3) is 11.6 Å². The molecule has 0 aliphatic rings. The summed E-state index contributed by atoms with van der Waals surface area (Å²) in [5.74, 6) is -0.525. The Balaban J connectivity index is 2.32. The number of amides is 1. The number of nitrogens with one attached hydrogen (secondary N) is 1. The van der Waals surface area contributed by atoms with Gasteiger partial charge in [0, 0.05) is 16.3 Å². The van der Waals surface area contributed by atoms with Crippen molar-refractivity contribution in [3.63, 3.8) is 0 Å². The number of para-hydroxylation sites is 1. The molecule has 0 aliphatic carbocycles. The molecule has 0 heterocycles. The lowest BCUT2D eigenvalue weighted by Crippen LogP contribution is -2.14. The van der Waals surface area contributed by atoms with Crippen LogP contribution in [0, 0.1) is 17.0 Å². The molecule has 0 unspecified atom stereocenters. The molecular formula is C14H11ClN2O3. The van der Waals surface area contributed by atoms with Crippen molar-refractivity contribution in [1.29, 1.82) is 0 Å². The number of hydrogen-bond donors (Lipinski definition) is 1. The summed E-state index contributed by atoms with van der Waals surface area (Å²) in [6.07, 6.45) is 0. The highest BCUT2D eigenvalue weighted by atomic mass is 35.5. The fourth-order valence-electron chi connectivity index (χ4n) is 1.82. The fourth-order valence-corrected chi connectivity index (χ4v) is 1.94. The maximum absolute atomic E-state index is 12.1. The molecular weight excluding hydrogens is 280 g/mol. The van der Waals surface area contributed by atoms with E-state index in [1.54, 1.807) is 43.3 Å². The second-order valence-corrected chi connectivity index (χ2v) is 4.63. The Morgan fingerprint density at radius 1 is 1.20 bits per heavy atom. The lowest BCUT2D eigenvalue weighted by Gasteiger charge is -2.07. The largest absolute Gasteiger partial charge is 0.322 e. The number of aryl methyl sites for hydroxylation is 1. The molecule has 0 spiro atoms. The van der Waals surface area contributed by atoms with Crippen LogP contribution in [0.3, 0.4) is 0 Å². The van der Waals surface area contributed by atoms with Gasteiger partial charge in [0.15, 0.2) is 0 Å². The van der Waals surface area contributed by atoms with E-state index in [0.717, 1.165) is 0 Å². The van der Waals surface area contributed by atoms with Gasteiger partial charge in [0.05, 0.1) is 4.92 Å². The van der Waals surface area contributed by atoms with Gasteiger partial charge in [-0.15, -0.1) is 0 Å². The van der Waals surface area contributed by atoms with Gasteiger partial charge in [-0.3, -0.25) is 14.9 Å². The number of hydrogen-bond acceptors (Lipinski definition) is 3. The van der Waals surface area contributed by atoms with Crippen LogP contribution < -0.4 is 5.32 Å². The van der Waals surface area contributed by atoms with Crippen molar-refractivity contribution in [2.75, 3.05) is 5.32 Å². The second kappa shape index (κ2) is 5.71. The SMILES string of the molecule is Cc1cccc(C(=O)Nc2ccc(Cl)cc2)c1[N+](=O)[O-]. The molecule has 0 saturated heterocycles. The van der Waals surface area contributed by atoms with Crippen molar-refractivity contribution < 1.29 is 9.72 Å². The van der Waals surface area contributed by atoms with Crippen molar-refractivity contribution in [3.05, 3.63) is 68.7 Å². The van der Waals surface area contributed by atoms with Gasteiger partial charge < -0.3 is 5.32 Å². The monoisotopic (exact) mass is 290 g/mol. The van der Waals surface area contributed by atoms with Crippen molar-refractivity contribution in [2.45, 2.75) is 6.92 Å². The van der Waals surface area contributed by atoms with E-state index in [-0.39, 0.29) is 11.3 Å². The van der Waals surface area contributed by atoms with Crippen molar-refractivity contribution in [2.24, 2.45) is 0 Å². The Morgan fingerprint density at radius 3 is 2.45 bits per heavy atom. The van der Waals surface area contributed by atoms with Gasteiger partial charge in [-0.2, -0.15) is 0 Å². The van der Waals surface area contributed by atoms with Gasteiger partial charge in [0.2, 0.25) is 0 Å². The second-order valence-electron chi connectivity index (χ2n) is 4.19. The first-order valence-corrected chi connectivity index (χ1v) is 6.18. The normalized spacial score (nSPS) is 10.1. The van der Waals surface area contributed by atoms with Crippen LogP contribution in [0.1, 0.15) is 15.9 Å². The summed E-state index contributed by atoms with van der Waals surface area (Å²) < 4.78 is 0. The van der Waals surface area contributed by atoms with E-state index in [2.05, 4.69) is 5.32 Å². The molecule has 0 saturated carbocycles. The molecule has 102 valence electrons. The lowest BCUT2D eigenvalue weighted by atomic mass is 10.1. The van der Waals surface area contributed by atoms with E-state index in [0.29, 0.717) is 16.3 Å². The highest BCUT2D eigenvalue weighted by molar-refractivity contribution is 6.30. The number of benzene rings is 2. The number of anilines is 1. The molecule has 5 nitrogen and oxygen atoms in total. The minimum Gasteiger partial charge on any atom is -0.322 e. The summed E-state index contributed by atoms with van der Waals surface area (Å²) >= 11 is 5.75. The molecule has 0 aromatic heterocycles. The van der Waals surface area contributed by atoms with Gasteiger partial charge in [-0.1, -0.05) is 23.7 Å². The molecule has 0 atom stereocenters. The van der Waals surface area contributed by atoms with Gasteiger partial charge >= 0.3 is 0 Å². The fraction of sp³-hybridized carbons (Fsp3) is 0.0714. The zero-order valence-electron chi connectivity index (χ0n) is 10.6. The lowest BCUT2D eigenvalue weighted by molar-refractivity contribution is -0.385. The standard InChI is InChI=1S/C14H11ClN2O3/c1-9-3-2-4-12(13(9)17(19)20)14(18)16-11-7-5-10(15)6-8-11/h2-8H,1H3,(H,16,18). The average molecular weight is 291 g/mol. The molecule has 1 N–H and O–H groups in total. The summed E-state index contributed by atoms with van der Waals surface area (Å²) in [5, 5.41) is 14.2. The molecule has 1 amide bonds. The van der Waals surface area contributed by atoms with Crippen molar-refractivity contribution >= 4 is 28.9 Å². The van der Waals surface area contributed by atoms with Crippen LogP contribution in [0.25, 0.3) is 0 Å². The zero-order valence-corrected chi connectivity index (χ0v) is 11.3. The quantitative estimate of drug-likeness (QED) is 0.690. The minimum atomic E-state index is -0.549. The summed E-state index contributed by atoms with van der Waals surface area (Å²) in [7, 11) is 0. The molecule has 2 rings (SSSR count). The van der Waals surface area contributed by atoms with Crippen LogP contribution in [0.15, 0.2) is 42.5 Å². The first kappa shape index (κ1) is 14.0. The molecule has 20 heavy (non-hydrogen) atoms. The van der Waals surface area contributed by atoms with Crippen LogP contribution in [0.2, 0.25) is 5.02 Å². The number of halogens is 1. The van der Waals surface area contributed by atoms with E-state index < -0.39 is 10.8 Å². The highest BCUT2D eigenvalue weighted by Crippen LogP contribution is 2.24. The van der Waals surface area contributed by atoms with Gasteiger partial charge in [-0.25, -0.2) is 0 Å². The minimum absolute atomic E-state index is 0.0324. The molecule has 0 aliphatic heterocycles. The predicted molar refractivity (Wildman–Crippen MR) is 77.2 cm³/mol. The number of nitro benzene ring substituents is 1. The molecule has 0 bridgehead atoms. The third kappa shape index (κ3) is 2.95. The summed E-state index contributed by atoms with van der Waals surface area (Å²) in [4.78, 5) is 22.6. The van der Waals surface area contributed by atoms with Crippen molar-refractivity contribution in [1.82, 2.24) is 0 Å². The van der Waals surface area contributed by atoms with Crippen LogP contribution in [0.5, 0.6) is 0 Å². The Kier molecular flexibility index (Phi) is 4.00. The van der Waals surface area contributed by atoms with Gasteiger partial charge in [-0.05, 0) is 37.3 Å². The zero-order chi connectivity index (χ0) is 14.7. The number of nitro groups is 1. The third-order valence-electron chi connectivity index (χ3n) is 2.77. The first-order valence-electron chi connectivity index (χ1n) is 5.80. The van der Waals surface area contributed by atoms with Crippen LogP contribution >= 0.6 is 11.6 Å². The highest BCUT2D eigenvalue weighted by Gasteiger charge is 2.22. The van der Waals surface area contributed by atoms with Crippen LogP contribution in [-0.4, -0.2) is 10.8 Å². The summed E-state index contributed by atoms with van der Waals surface area (Å²) in [6, 6.07) is 11.1. The smallest absolute Gasteiger partial charge is 0.285 e. The predicted octanol–water partition coefficient (Wildman–Crippen LogP) is 3.81. The van der Waals surface area contributed by atoms with Crippen LogP contribution in [0.4, 0.5) is 11.4 Å². The van der Waals surface area contributed by atoms with Gasteiger partial charge in [0.1, 0.15) is 5.56 Å². The molecule has 2 aromatic carbocycles. The molecule has 6 heteroatoms. The maximum Gasteiger partial charge on any atom is 0.285 e. The Labute approximate surface area is 120 Å². The summed E-state index contributed by atoms with van der Waals surface area (Å²) in [5.41, 5.74) is 0.817. The van der Waals surface area contributed by atoms with Crippen molar-refractivity contribution in [3.8, 4) is 0 Å². The van der Waals surface area contributed by atoms with Crippen LogP contribution in [-0.2, 0) is 0 Å². The Morgan fingerprint density at radius 2 is 1.85 bits per heavy atom. The maximum atomic E-state index is 12.1. The first-order chi connectivity index (χ1) is 9.49. The topological polar surface area (TPSA) is 72.2 Å². The Hall–Kier alpha value is -2.40. The molecule has 0 radical (unpaired) electrons. The van der Waals surface area contributed by atoms with E-state index in [9.17, 15) is 14.9 Å².